The minimum Gasteiger partial charge on any atom is -0.486 e. The van der Waals surface area contributed by atoms with Gasteiger partial charge in [0.1, 0.15) is 24.0 Å². The minimum atomic E-state index is -0.526. The van der Waals surface area contributed by atoms with Crippen LogP contribution in [-0.2, 0) is 19.6 Å². The van der Waals surface area contributed by atoms with Crippen molar-refractivity contribution in [3.63, 3.8) is 0 Å². The number of hydrogen-bond acceptors (Lipinski definition) is 5. The molecule has 2 aromatic carbocycles. The molecule has 1 saturated carbocycles. The van der Waals surface area contributed by atoms with E-state index in [4.69, 9.17) is 15.5 Å². The molecular weight excluding hydrogens is 419 g/mol. The molecule has 4 rings (SSSR count). The molecule has 0 spiro atoms. The molecule has 3 aromatic rings. The van der Waals surface area contributed by atoms with Crippen molar-refractivity contribution in [1.82, 2.24) is 14.8 Å². The summed E-state index contributed by atoms with van der Waals surface area (Å²) in [4.78, 5) is 4.74. The summed E-state index contributed by atoms with van der Waals surface area (Å²) in [6.45, 7) is 0.896. The van der Waals surface area contributed by atoms with Crippen molar-refractivity contribution in [3.05, 3.63) is 77.6 Å². The Morgan fingerprint density at radius 3 is 2.55 bits per heavy atom. The van der Waals surface area contributed by atoms with Gasteiger partial charge in [-0.2, -0.15) is 5.10 Å². The predicted molar refractivity (Wildman–Crippen MR) is 119 cm³/mol. The van der Waals surface area contributed by atoms with Crippen LogP contribution in [0.3, 0.4) is 0 Å². The fraction of sp³-hybridized carbons (Fsp3) is 0.391. The molecule has 0 unspecified atom stereocenters. The third-order valence-corrected chi connectivity index (χ3v) is 5.61. The number of aliphatic hydroxyl groups is 1. The first-order valence-corrected chi connectivity index (χ1v) is 10.4. The van der Waals surface area contributed by atoms with Crippen LogP contribution >= 0.6 is 12.4 Å². The Morgan fingerprint density at radius 1 is 1.10 bits per heavy atom. The molecule has 1 aliphatic carbocycles. The molecule has 8 heteroatoms. The molecule has 1 heterocycles. The average Bonchev–Trinajstić information content (AvgIpc) is 3.18. The molecule has 1 aromatic heterocycles. The highest BCUT2D eigenvalue weighted by atomic mass is 35.5. The van der Waals surface area contributed by atoms with Crippen molar-refractivity contribution in [1.29, 1.82) is 0 Å². The molecule has 1 fully saturated rings. The van der Waals surface area contributed by atoms with Crippen molar-refractivity contribution in [2.75, 3.05) is 0 Å². The Bertz CT molecular complexity index is 952. The summed E-state index contributed by atoms with van der Waals surface area (Å²) in [5.74, 6) is 1.82. The van der Waals surface area contributed by atoms with Gasteiger partial charge in [-0.05, 0) is 55.5 Å². The fourth-order valence-corrected chi connectivity index (χ4v) is 3.89. The van der Waals surface area contributed by atoms with Gasteiger partial charge in [0.2, 0.25) is 0 Å². The first-order valence-electron chi connectivity index (χ1n) is 10.4. The SMILES string of the molecule is Cl.N[C@@H]1CC[C@H](c2nc(COc3ccc(F)cc3)nn2CCc2ccccc2)C[C@H]1O. The smallest absolute Gasteiger partial charge is 0.188 e. The van der Waals surface area contributed by atoms with E-state index in [-0.39, 0.29) is 36.8 Å². The summed E-state index contributed by atoms with van der Waals surface area (Å²) < 4.78 is 20.7. The van der Waals surface area contributed by atoms with Gasteiger partial charge in [0.05, 0.1) is 6.10 Å². The third kappa shape index (κ3) is 6.03. The third-order valence-electron chi connectivity index (χ3n) is 5.61. The standard InChI is InChI=1S/C23H27FN4O2.ClH/c24-18-7-9-19(10-8-18)30-15-22-26-23(17-6-11-20(25)21(29)14-17)28(27-22)13-12-16-4-2-1-3-5-16;/h1-5,7-10,17,20-21,29H,6,11-15,25H2;1H/t17-,20+,21+;/m0./s1. The van der Waals surface area contributed by atoms with Gasteiger partial charge < -0.3 is 15.6 Å². The lowest BCUT2D eigenvalue weighted by molar-refractivity contribution is 0.0955. The predicted octanol–water partition coefficient (Wildman–Crippen LogP) is 3.62. The van der Waals surface area contributed by atoms with Gasteiger partial charge in [-0.25, -0.2) is 14.1 Å². The van der Waals surface area contributed by atoms with Crippen LogP contribution in [-0.4, -0.2) is 32.0 Å². The summed E-state index contributed by atoms with van der Waals surface area (Å²) in [5, 5.41) is 14.9. The largest absolute Gasteiger partial charge is 0.486 e. The van der Waals surface area contributed by atoms with Gasteiger partial charge in [-0.1, -0.05) is 30.3 Å². The van der Waals surface area contributed by atoms with Gasteiger partial charge in [-0.15, -0.1) is 12.4 Å². The Morgan fingerprint density at radius 2 is 1.84 bits per heavy atom. The Hall–Kier alpha value is -2.48. The number of benzene rings is 2. The van der Waals surface area contributed by atoms with E-state index in [1.807, 2.05) is 22.9 Å². The van der Waals surface area contributed by atoms with Gasteiger partial charge >= 0.3 is 0 Å². The van der Waals surface area contributed by atoms with Crippen LogP contribution in [0.25, 0.3) is 0 Å². The van der Waals surface area contributed by atoms with E-state index < -0.39 is 6.10 Å². The minimum absolute atomic E-state index is 0. The van der Waals surface area contributed by atoms with Gasteiger partial charge in [-0.3, -0.25) is 0 Å². The van der Waals surface area contributed by atoms with Crippen LogP contribution < -0.4 is 10.5 Å². The first kappa shape index (κ1) is 23.2. The van der Waals surface area contributed by atoms with Crippen LogP contribution in [0.2, 0.25) is 0 Å². The molecule has 0 bridgehead atoms. The van der Waals surface area contributed by atoms with Crippen molar-refractivity contribution in [3.8, 4) is 5.75 Å². The van der Waals surface area contributed by atoms with E-state index in [2.05, 4.69) is 17.2 Å². The van der Waals surface area contributed by atoms with E-state index in [0.717, 1.165) is 25.1 Å². The number of rotatable bonds is 7. The lowest BCUT2D eigenvalue weighted by atomic mass is 9.84. The Labute approximate surface area is 187 Å². The number of ether oxygens (including phenoxy) is 1. The van der Waals surface area contributed by atoms with E-state index in [9.17, 15) is 9.50 Å². The summed E-state index contributed by atoms with van der Waals surface area (Å²) in [6.07, 6.45) is 2.54. The summed E-state index contributed by atoms with van der Waals surface area (Å²) in [7, 11) is 0. The number of aliphatic hydroxyl groups excluding tert-OH is 1. The van der Waals surface area contributed by atoms with E-state index in [1.165, 1.54) is 17.7 Å². The van der Waals surface area contributed by atoms with Gasteiger partial charge in [0, 0.05) is 18.5 Å². The van der Waals surface area contributed by atoms with Gasteiger partial charge in [0.25, 0.3) is 0 Å². The van der Waals surface area contributed by atoms with Crippen molar-refractivity contribution in [2.24, 2.45) is 5.73 Å². The lowest BCUT2D eigenvalue weighted by Crippen LogP contribution is -2.40. The number of halogens is 2. The molecule has 166 valence electrons. The van der Waals surface area contributed by atoms with Gasteiger partial charge in [0.15, 0.2) is 5.82 Å². The molecule has 0 amide bonds. The maximum atomic E-state index is 13.1. The highest BCUT2D eigenvalue weighted by molar-refractivity contribution is 5.85. The van der Waals surface area contributed by atoms with Crippen molar-refractivity contribution < 1.29 is 14.2 Å². The van der Waals surface area contributed by atoms with Crippen LogP contribution in [0.4, 0.5) is 4.39 Å². The number of hydrogen-bond donors (Lipinski definition) is 2. The summed E-state index contributed by atoms with van der Waals surface area (Å²) in [6, 6.07) is 16.0. The van der Waals surface area contributed by atoms with Crippen molar-refractivity contribution in [2.45, 2.75) is 56.9 Å². The molecule has 0 radical (unpaired) electrons. The first-order chi connectivity index (χ1) is 14.6. The Balaban J connectivity index is 0.00000272. The second-order valence-corrected chi connectivity index (χ2v) is 7.83. The highest BCUT2D eigenvalue weighted by Crippen LogP contribution is 2.32. The molecule has 3 N–H and O–H groups in total. The zero-order valence-electron chi connectivity index (χ0n) is 17.2. The van der Waals surface area contributed by atoms with Crippen LogP contribution in [0.5, 0.6) is 5.75 Å². The van der Waals surface area contributed by atoms with E-state index in [1.54, 1.807) is 12.1 Å². The second-order valence-electron chi connectivity index (χ2n) is 7.83. The topological polar surface area (TPSA) is 86.2 Å². The number of aryl methyl sites for hydroxylation is 2. The maximum Gasteiger partial charge on any atom is 0.188 e. The molecular formula is C23H28ClFN4O2. The number of aromatic nitrogens is 3. The normalized spacial score (nSPS) is 20.8. The van der Waals surface area contributed by atoms with E-state index >= 15 is 0 Å². The molecule has 0 saturated heterocycles. The molecule has 6 nitrogen and oxygen atoms in total. The lowest BCUT2D eigenvalue weighted by Gasteiger charge is -2.30. The fourth-order valence-electron chi connectivity index (χ4n) is 3.89. The monoisotopic (exact) mass is 446 g/mol. The molecule has 0 aliphatic heterocycles. The van der Waals surface area contributed by atoms with Crippen LogP contribution in [0.15, 0.2) is 54.6 Å². The summed E-state index contributed by atoms with van der Waals surface area (Å²) >= 11 is 0. The van der Waals surface area contributed by atoms with Crippen LogP contribution in [0.1, 0.15) is 42.4 Å². The Kier molecular flexibility index (Phi) is 8.01. The highest BCUT2D eigenvalue weighted by Gasteiger charge is 2.31. The number of nitrogens with zero attached hydrogens (tertiary/aromatic N) is 3. The van der Waals surface area contributed by atoms with E-state index in [0.29, 0.717) is 24.5 Å². The molecule has 31 heavy (non-hydrogen) atoms. The quantitative estimate of drug-likeness (QED) is 0.579. The maximum absolute atomic E-state index is 13.1. The number of nitrogens with two attached hydrogens (primary N) is 1. The molecule has 3 atom stereocenters. The zero-order chi connectivity index (χ0) is 20.9. The second kappa shape index (κ2) is 10.7. The molecule has 1 aliphatic rings. The summed E-state index contributed by atoms with van der Waals surface area (Å²) in [5.41, 5.74) is 7.21. The zero-order valence-corrected chi connectivity index (χ0v) is 18.0. The average molecular weight is 447 g/mol. The van der Waals surface area contributed by atoms with Crippen molar-refractivity contribution >= 4 is 12.4 Å². The van der Waals surface area contributed by atoms with Crippen LogP contribution in [0, 0.1) is 5.82 Å².